The molecule has 2 unspecified atom stereocenters. The van der Waals surface area contributed by atoms with Gasteiger partial charge in [0.05, 0.1) is 12.1 Å². The van der Waals surface area contributed by atoms with Crippen LogP contribution in [-0.4, -0.2) is 37.1 Å². The Hall–Kier alpha value is -0.750. The highest BCUT2D eigenvalue weighted by atomic mass is 35.5. The predicted molar refractivity (Wildman–Crippen MR) is 104 cm³/mol. The standard InChI is InChI=1S/C18H28N2O2S.ClH/c1-13-5-7-14(8-6-13)17-15(4-3-10-22-17)12-20-18(21)16(19)9-11-23-2;/h5-8,15-17H,3-4,9-12,19H2,1-2H3,(H,20,21);1H/t15?,16-,17?;/m0./s1. The maximum Gasteiger partial charge on any atom is 0.236 e. The zero-order valence-corrected chi connectivity index (χ0v) is 16.1. The first-order chi connectivity index (χ1) is 11.1. The van der Waals surface area contributed by atoms with E-state index < -0.39 is 6.04 Å². The molecule has 6 heteroatoms. The largest absolute Gasteiger partial charge is 0.373 e. The van der Waals surface area contributed by atoms with Crippen LogP contribution in [0.5, 0.6) is 0 Å². The molecule has 0 aliphatic carbocycles. The highest BCUT2D eigenvalue weighted by Crippen LogP contribution is 2.33. The number of carbonyl (C=O) groups is 1. The van der Waals surface area contributed by atoms with Gasteiger partial charge in [-0.15, -0.1) is 12.4 Å². The van der Waals surface area contributed by atoms with Crippen LogP contribution < -0.4 is 11.1 Å². The first kappa shape index (κ1) is 21.3. The summed E-state index contributed by atoms with van der Waals surface area (Å²) in [6, 6.07) is 8.07. The van der Waals surface area contributed by atoms with Gasteiger partial charge in [0.1, 0.15) is 0 Å². The highest BCUT2D eigenvalue weighted by molar-refractivity contribution is 7.98. The molecule has 0 bridgehead atoms. The van der Waals surface area contributed by atoms with Crippen LogP contribution in [0.2, 0.25) is 0 Å². The van der Waals surface area contributed by atoms with Crippen LogP contribution in [0.15, 0.2) is 24.3 Å². The summed E-state index contributed by atoms with van der Waals surface area (Å²) in [6.07, 6.45) is 4.92. The van der Waals surface area contributed by atoms with Crippen molar-refractivity contribution in [2.45, 2.75) is 38.3 Å². The monoisotopic (exact) mass is 372 g/mol. The molecule has 0 spiro atoms. The smallest absolute Gasteiger partial charge is 0.236 e. The van der Waals surface area contributed by atoms with Crippen molar-refractivity contribution in [1.29, 1.82) is 0 Å². The summed E-state index contributed by atoms with van der Waals surface area (Å²) in [5.74, 6) is 1.17. The average molecular weight is 373 g/mol. The van der Waals surface area contributed by atoms with E-state index in [1.807, 2.05) is 6.26 Å². The third-order valence-corrected chi connectivity index (χ3v) is 5.00. The Kier molecular flexibility index (Phi) is 9.74. The SMILES string of the molecule is CSCC[C@H](N)C(=O)NCC1CCCOC1c1ccc(C)cc1.Cl. The fourth-order valence-electron chi connectivity index (χ4n) is 2.92. The van der Waals surface area contributed by atoms with Gasteiger partial charge in [0.25, 0.3) is 0 Å². The predicted octanol–water partition coefficient (Wildman–Crippen LogP) is 3.08. The van der Waals surface area contributed by atoms with E-state index in [1.165, 1.54) is 11.1 Å². The summed E-state index contributed by atoms with van der Waals surface area (Å²) in [4.78, 5) is 12.1. The Morgan fingerprint density at radius 3 is 2.79 bits per heavy atom. The fourth-order valence-corrected chi connectivity index (χ4v) is 3.41. The number of nitrogens with two attached hydrogens (primary N) is 1. The van der Waals surface area contributed by atoms with Crippen molar-refractivity contribution in [3.05, 3.63) is 35.4 Å². The molecule has 1 heterocycles. The first-order valence-corrected chi connectivity index (χ1v) is 9.71. The summed E-state index contributed by atoms with van der Waals surface area (Å²) in [5.41, 5.74) is 8.36. The molecule has 0 aromatic heterocycles. The summed E-state index contributed by atoms with van der Waals surface area (Å²) in [7, 11) is 0. The van der Waals surface area contributed by atoms with Crippen LogP contribution in [0.3, 0.4) is 0 Å². The Morgan fingerprint density at radius 1 is 1.42 bits per heavy atom. The quantitative estimate of drug-likeness (QED) is 0.772. The molecule has 0 radical (unpaired) electrons. The van der Waals surface area contributed by atoms with Crippen LogP contribution in [0, 0.1) is 12.8 Å². The molecular formula is C18H29ClN2O2S. The molecular weight excluding hydrogens is 344 g/mol. The van der Waals surface area contributed by atoms with Gasteiger partial charge in [-0.05, 0) is 43.8 Å². The lowest BCUT2D eigenvalue weighted by atomic mass is 9.89. The second kappa shape index (κ2) is 11.0. The highest BCUT2D eigenvalue weighted by Gasteiger charge is 2.28. The Balaban J connectivity index is 0.00000288. The van der Waals surface area contributed by atoms with Gasteiger partial charge in [-0.2, -0.15) is 11.8 Å². The normalized spacial score (nSPS) is 21.6. The number of nitrogens with one attached hydrogen (secondary N) is 1. The van der Waals surface area contributed by atoms with Gasteiger partial charge in [0.15, 0.2) is 0 Å². The molecule has 2 rings (SSSR count). The fraction of sp³-hybridized carbons (Fsp3) is 0.611. The lowest BCUT2D eigenvalue weighted by molar-refractivity contribution is -0.123. The topological polar surface area (TPSA) is 64.4 Å². The molecule has 1 aliphatic heterocycles. The van der Waals surface area contributed by atoms with E-state index in [1.54, 1.807) is 11.8 Å². The zero-order valence-electron chi connectivity index (χ0n) is 14.5. The van der Waals surface area contributed by atoms with Gasteiger partial charge in [-0.25, -0.2) is 0 Å². The van der Waals surface area contributed by atoms with Crippen molar-refractivity contribution in [1.82, 2.24) is 5.32 Å². The van der Waals surface area contributed by atoms with Crippen LogP contribution in [0.1, 0.15) is 36.5 Å². The first-order valence-electron chi connectivity index (χ1n) is 8.32. The molecule has 24 heavy (non-hydrogen) atoms. The van der Waals surface area contributed by atoms with E-state index in [0.717, 1.165) is 31.6 Å². The maximum absolute atomic E-state index is 12.1. The molecule has 1 amide bonds. The van der Waals surface area contributed by atoms with Gasteiger partial charge in [0, 0.05) is 19.1 Å². The lowest BCUT2D eigenvalue weighted by Gasteiger charge is -2.32. The number of aryl methyl sites for hydroxylation is 1. The minimum atomic E-state index is -0.412. The lowest BCUT2D eigenvalue weighted by Crippen LogP contribution is -2.44. The van der Waals surface area contributed by atoms with E-state index in [9.17, 15) is 4.79 Å². The zero-order chi connectivity index (χ0) is 16.7. The van der Waals surface area contributed by atoms with Gasteiger partial charge in [-0.3, -0.25) is 4.79 Å². The number of hydrogen-bond donors (Lipinski definition) is 2. The van der Waals surface area contributed by atoms with Crippen molar-refractivity contribution in [3.63, 3.8) is 0 Å². The van der Waals surface area contributed by atoms with Crippen molar-refractivity contribution in [2.75, 3.05) is 25.2 Å². The average Bonchev–Trinajstić information content (AvgIpc) is 2.58. The number of amides is 1. The third kappa shape index (κ3) is 6.28. The number of hydrogen-bond acceptors (Lipinski definition) is 4. The number of carbonyl (C=O) groups excluding carboxylic acids is 1. The van der Waals surface area contributed by atoms with E-state index in [2.05, 4.69) is 36.5 Å². The molecule has 1 saturated heterocycles. The molecule has 3 atom stereocenters. The minimum absolute atomic E-state index is 0. The third-order valence-electron chi connectivity index (χ3n) is 4.36. The van der Waals surface area contributed by atoms with E-state index in [0.29, 0.717) is 12.5 Å². The number of benzene rings is 1. The summed E-state index contributed by atoms with van der Waals surface area (Å²) >= 11 is 1.71. The van der Waals surface area contributed by atoms with Gasteiger partial charge >= 0.3 is 0 Å². The van der Waals surface area contributed by atoms with Crippen LogP contribution in [0.25, 0.3) is 0 Å². The van der Waals surface area contributed by atoms with Crippen molar-refractivity contribution in [2.24, 2.45) is 11.7 Å². The Bertz CT molecular complexity index is 498. The molecule has 3 N–H and O–H groups in total. The molecule has 0 saturated carbocycles. The molecule has 1 aliphatic rings. The number of halogens is 1. The van der Waals surface area contributed by atoms with Crippen molar-refractivity contribution in [3.8, 4) is 0 Å². The Morgan fingerprint density at radius 2 is 2.12 bits per heavy atom. The van der Waals surface area contributed by atoms with E-state index >= 15 is 0 Å². The number of thioether (sulfide) groups is 1. The second-order valence-corrected chi connectivity index (χ2v) is 7.22. The van der Waals surface area contributed by atoms with E-state index in [4.69, 9.17) is 10.5 Å². The maximum atomic E-state index is 12.1. The summed E-state index contributed by atoms with van der Waals surface area (Å²) < 4.78 is 5.99. The number of ether oxygens (including phenoxy) is 1. The van der Waals surface area contributed by atoms with Crippen LogP contribution >= 0.6 is 24.2 Å². The van der Waals surface area contributed by atoms with Gasteiger partial charge in [0.2, 0.25) is 5.91 Å². The molecule has 1 aromatic rings. The Labute approximate surface area is 155 Å². The van der Waals surface area contributed by atoms with Crippen LogP contribution in [0.4, 0.5) is 0 Å². The molecule has 4 nitrogen and oxygen atoms in total. The van der Waals surface area contributed by atoms with Gasteiger partial charge < -0.3 is 15.8 Å². The van der Waals surface area contributed by atoms with E-state index in [-0.39, 0.29) is 24.4 Å². The second-order valence-electron chi connectivity index (χ2n) is 6.24. The molecule has 1 fully saturated rings. The van der Waals surface area contributed by atoms with Crippen molar-refractivity contribution >= 4 is 30.1 Å². The molecule has 136 valence electrons. The summed E-state index contributed by atoms with van der Waals surface area (Å²) in [6.45, 7) is 3.50. The minimum Gasteiger partial charge on any atom is -0.373 e. The van der Waals surface area contributed by atoms with Crippen LogP contribution in [-0.2, 0) is 9.53 Å². The van der Waals surface area contributed by atoms with Crippen molar-refractivity contribution < 1.29 is 9.53 Å². The van der Waals surface area contributed by atoms with Gasteiger partial charge in [-0.1, -0.05) is 29.8 Å². The number of rotatable bonds is 7. The molecule has 1 aromatic carbocycles. The summed E-state index contributed by atoms with van der Waals surface area (Å²) in [5, 5.41) is 3.02.